The molecule has 20 heavy (non-hydrogen) atoms. The van der Waals surface area contributed by atoms with Gasteiger partial charge in [0, 0.05) is 18.1 Å². The molecular weight excluding hydrogens is 254 g/mol. The zero-order valence-electron chi connectivity index (χ0n) is 12.5. The zero-order valence-corrected chi connectivity index (χ0v) is 12.5. The van der Waals surface area contributed by atoms with Gasteiger partial charge in [-0.2, -0.15) is 5.10 Å². The average Bonchev–Trinajstić information content (AvgIpc) is 2.47. The highest BCUT2D eigenvalue weighted by Crippen LogP contribution is 2.29. The van der Waals surface area contributed by atoms with Crippen molar-refractivity contribution in [3.8, 4) is 0 Å². The lowest BCUT2D eigenvalue weighted by Gasteiger charge is -2.25. The molecule has 0 aliphatic heterocycles. The average molecular weight is 279 g/mol. The number of nitrogens with one attached hydrogen (secondary N) is 1. The molecule has 1 rings (SSSR count). The number of carbonyl (C=O) groups is 2. The topological polar surface area (TPSA) is 70.9 Å². The molecule has 0 aromatic heterocycles. The number of ketones is 1. The monoisotopic (exact) mass is 279 g/mol. The van der Waals surface area contributed by atoms with Crippen LogP contribution in [0, 0.1) is 11.8 Å². The maximum absolute atomic E-state index is 11.9. The van der Waals surface area contributed by atoms with Crippen LogP contribution in [0.25, 0.3) is 0 Å². The lowest BCUT2D eigenvalue weighted by atomic mass is 9.79. The van der Waals surface area contributed by atoms with Gasteiger partial charge in [0.25, 0.3) is 0 Å². The second-order valence-corrected chi connectivity index (χ2v) is 5.14. The summed E-state index contributed by atoms with van der Waals surface area (Å²) in [6.07, 6.45) is 8.23. The van der Waals surface area contributed by atoms with Crippen molar-refractivity contribution in [3.63, 3.8) is 0 Å². The summed E-state index contributed by atoms with van der Waals surface area (Å²) in [6, 6.07) is 0. The van der Waals surface area contributed by atoms with E-state index in [1.807, 2.05) is 13.8 Å². The Balaban J connectivity index is 2.32. The minimum Gasteiger partial charge on any atom is -0.297 e. The summed E-state index contributed by atoms with van der Waals surface area (Å²) in [5.41, 5.74) is 2.56. The Hall–Kier alpha value is -1.52. The molecule has 0 saturated heterocycles. The molecular formula is C15H25N3O2. The number of hydrogen-bond donors (Lipinski definition) is 1. The number of hydrogen-bond acceptors (Lipinski definition) is 4. The van der Waals surface area contributed by atoms with Crippen molar-refractivity contribution in [2.75, 3.05) is 6.54 Å². The van der Waals surface area contributed by atoms with E-state index in [1.165, 1.54) is 0 Å². The van der Waals surface area contributed by atoms with Crippen molar-refractivity contribution < 1.29 is 9.59 Å². The van der Waals surface area contributed by atoms with Crippen LogP contribution in [-0.2, 0) is 9.59 Å². The summed E-state index contributed by atoms with van der Waals surface area (Å²) >= 11 is 0. The lowest BCUT2D eigenvalue weighted by molar-refractivity contribution is -0.128. The van der Waals surface area contributed by atoms with Crippen LogP contribution in [0.5, 0.6) is 0 Å². The molecule has 1 aliphatic rings. The fourth-order valence-electron chi connectivity index (χ4n) is 2.38. The summed E-state index contributed by atoms with van der Waals surface area (Å²) in [6.45, 7) is 4.25. The third kappa shape index (κ3) is 5.63. The molecule has 0 radical (unpaired) electrons. The normalized spacial score (nSPS) is 23.3. The van der Waals surface area contributed by atoms with Gasteiger partial charge in [0.15, 0.2) is 5.78 Å². The molecule has 0 aromatic carbocycles. The zero-order chi connectivity index (χ0) is 14.8. The third-order valence-electron chi connectivity index (χ3n) is 3.56. The summed E-state index contributed by atoms with van der Waals surface area (Å²) in [5, 5.41) is 3.86. The van der Waals surface area contributed by atoms with E-state index in [-0.39, 0.29) is 30.1 Å². The molecule has 0 atom stereocenters. The summed E-state index contributed by atoms with van der Waals surface area (Å²) in [4.78, 5) is 27.8. The number of Topliss-reactive ketones (excluding diaryl/α,β-unsaturated/α-hetero) is 1. The van der Waals surface area contributed by atoms with Gasteiger partial charge in [-0.3, -0.25) is 14.6 Å². The minimum absolute atomic E-state index is 0.00722. The first-order chi connectivity index (χ1) is 9.69. The predicted molar refractivity (Wildman–Crippen MR) is 81.0 cm³/mol. The van der Waals surface area contributed by atoms with E-state index in [1.54, 1.807) is 12.4 Å². The Kier molecular flexibility index (Phi) is 7.77. The fraction of sp³-hybridized carbons (Fsp3) is 0.733. The molecule has 1 aliphatic carbocycles. The fourth-order valence-corrected chi connectivity index (χ4v) is 2.38. The van der Waals surface area contributed by atoms with Crippen molar-refractivity contribution in [3.05, 3.63) is 0 Å². The van der Waals surface area contributed by atoms with Crippen LogP contribution in [0.3, 0.4) is 0 Å². The van der Waals surface area contributed by atoms with Gasteiger partial charge in [-0.05, 0) is 44.7 Å². The number of carbonyl (C=O) groups excluding carboxylic acids is 2. The Morgan fingerprint density at radius 2 is 1.65 bits per heavy atom. The van der Waals surface area contributed by atoms with E-state index in [2.05, 4.69) is 15.5 Å². The van der Waals surface area contributed by atoms with E-state index in [9.17, 15) is 9.59 Å². The van der Waals surface area contributed by atoms with Crippen LogP contribution in [0.4, 0.5) is 0 Å². The standard InChI is InChI=1S/C15H25N3O2/c1-3-9-16-11-14(19)12-5-7-13(8-6-12)15(20)18-17-10-4-2/h9-10,12-13H,3-8,11H2,1-2H3,(H,18,20)/b16-9?,17-10-. The molecule has 5 heteroatoms. The second kappa shape index (κ2) is 9.39. The first-order valence-electron chi connectivity index (χ1n) is 7.51. The molecule has 0 bridgehead atoms. The molecule has 0 spiro atoms. The second-order valence-electron chi connectivity index (χ2n) is 5.14. The van der Waals surface area contributed by atoms with Crippen molar-refractivity contribution >= 4 is 24.1 Å². The Bertz CT molecular complexity index is 333. The minimum atomic E-state index is -0.0235. The number of hydrazone groups is 1. The maximum atomic E-state index is 11.9. The van der Waals surface area contributed by atoms with Crippen molar-refractivity contribution in [2.45, 2.75) is 52.4 Å². The number of aliphatic imine (C=N–C) groups is 1. The smallest absolute Gasteiger partial charge is 0.243 e. The Morgan fingerprint density at radius 1 is 1.05 bits per heavy atom. The molecule has 1 amide bonds. The summed E-state index contributed by atoms with van der Waals surface area (Å²) in [7, 11) is 0. The van der Waals surface area contributed by atoms with Gasteiger partial charge in [-0.1, -0.05) is 13.8 Å². The first-order valence-corrected chi connectivity index (χ1v) is 7.51. The number of rotatable bonds is 7. The SMILES string of the molecule is CCC=NCC(=O)C1CCC(C(=O)N/N=C\CC)CC1. The van der Waals surface area contributed by atoms with Gasteiger partial charge in [0.2, 0.25) is 5.91 Å². The van der Waals surface area contributed by atoms with E-state index in [0.29, 0.717) is 0 Å². The molecule has 0 aromatic rings. The van der Waals surface area contributed by atoms with Crippen LogP contribution in [0.2, 0.25) is 0 Å². The van der Waals surface area contributed by atoms with Gasteiger partial charge >= 0.3 is 0 Å². The van der Waals surface area contributed by atoms with Crippen LogP contribution in [-0.4, -0.2) is 30.7 Å². The van der Waals surface area contributed by atoms with Gasteiger partial charge in [0.1, 0.15) is 0 Å². The molecule has 112 valence electrons. The molecule has 5 nitrogen and oxygen atoms in total. The van der Waals surface area contributed by atoms with Crippen LogP contribution >= 0.6 is 0 Å². The number of nitrogens with zero attached hydrogens (tertiary/aromatic N) is 2. The van der Waals surface area contributed by atoms with E-state index in [0.717, 1.165) is 38.5 Å². The van der Waals surface area contributed by atoms with Crippen molar-refractivity contribution in [1.29, 1.82) is 0 Å². The number of amides is 1. The third-order valence-corrected chi connectivity index (χ3v) is 3.56. The molecule has 1 fully saturated rings. The van der Waals surface area contributed by atoms with Gasteiger partial charge in [-0.15, -0.1) is 0 Å². The van der Waals surface area contributed by atoms with E-state index in [4.69, 9.17) is 0 Å². The molecule has 0 heterocycles. The predicted octanol–water partition coefficient (Wildman–Crippen LogP) is 2.35. The largest absolute Gasteiger partial charge is 0.297 e. The Labute approximate surface area is 120 Å². The lowest BCUT2D eigenvalue weighted by Crippen LogP contribution is -2.32. The summed E-state index contributed by atoms with van der Waals surface area (Å²) in [5.74, 6) is 0.251. The molecule has 1 saturated carbocycles. The highest BCUT2D eigenvalue weighted by Gasteiger charge is 2.29. The van der Waals surface area contributed by atoms with E-state index >= 15 is 0 Å². The quantitative estimate of drug-likeness (QED) is 0.574. The molecule has 1 N–H and O–H groups in total. The van der Waals surface area contributed by atoms with Gasteiger partial charge in [0.05, 0.1) is 6.54 Å². The highest BCUT2D eigenvalue weighted by atomic mass is 16.2. The highest BCUT2D eigenvalue weighted by molar-refractivity contribution is 5.85. The van der Waals surface area contributed by atoms with Crippen molar-refractivity contribution in [2.24, 2.45) is 21.9 Å². The van der Waals surface area contributed by atoms with Crippen molar-refractivity contribution in [1.82, 2.24) is 5.43 Å². The molecule has 0 unspecified atom stereocenters. The summed E-state index contributed by atoms with van der Waals surface area (Å²) < 4.78 is 0. The van der Waals surface area contributed by atoms with Crippen LogP contribution < -0.4 is 5.43 Å². The van der Waals surface area contributed by atoms with Crippen LogP contribution in [0.15, 0.2) is 10.1 Å². The van der Waals surface area contributed by atoms with E-state index < -0.39 is 0 Å². The maximum Gasteiger partial charge on any atom is 0.243 e. The Morgan fingerprint density at radius 3 is 2.25 bits per heavy atom. The van der Waals surface area contributed by atoms with Gasteiger partial charge in [-0.25, -0.2) is 5.43 Å². The van der Waals surface area contributed by atoms with Gasteiger partial charge < -0.3 is 0 Å². The van der Waals surface area contributed by atoms with Crippen LogP contribution in [0.1, 0.15) is 52.4 Å². The first kappa shape index (κ1) is 16.5.